The normalized spacial score (nSPS) is 19.5. The van der Waals surface area contributed by atoms with Crippen molar-refractivity contribution in [2.45, 2.75) is 46.0 Å². The van der Waals surface area contributed by atoms with Gasteiger partial charge in [-0.05, 0) is 82.0 Å². The molecule has 0 saturated carbocycles. The first kappa shape index (κ1) is 36.7. The summed E-state index contributed by atoms with van der Waals surface area (Å²) in [7, 11) is 0. The van der Waals surface area contributed by atoms with Gasteiger partial charge in [-0.15, -0.1) is 13.2 Å². The van der Waals surface area contributed by atoms with Crippen molar-refractivity contribution in [3.05, 3.63) is 206 Å². The van der Waals surface area contributed by atoms with Crippen molar-refractivity contribution in [3.63, 3.8) is 0 Å². The third kappa shape index (κ3) is 7.61. The molecule has 2 nitrogen and oxygen atoms in total. The summed E-state index contributed by atoms with van der Waals surface area (Å²) in [6, 6.07) is 37.2. The molecule has 2 aliphatic rings. The molecule has 258 valence electrons. The quantitative estimate of drug-likeness (QED) is 0.156. The van der Waals surface area contributed by atoms with Crippen LogP contribution in [-0.2, 0) is 5.41 Å². The highest BCUT2D eigenvalue weighted by Crippen LogP contribution is 2.50. The Hall–Kier alpha value is -5.60. The van der Waals surface area contributed by atoms with E-state index < -0.39 is 0 Å². The smallest absolute Gasteiger partial charge is 0.0540 e. The van der Waals surface area contributed by atoms with E-state index in [4.69, 9.17) is 0 Å². The summed E-state index contributed by atoms with van der Waals surface area (Å²) in [5, 5.41) is 3.59. The molecular weight excluding hydrogens is 617 g/mol. The minimum atomic E-state index is -0.221. The minimum Gasteiger partial charge on any atom is -0.381 e. The van der Waals surface area contributed by atoms with Crippen molar-refractivity contribution in [2.24, 2.45) is 5.41 Å². The fraction of sp³-hybridized carbons (Fsp3) is 0.184. The predicted molar refractivity (Wildman–Crippen MR) is 224 cm³/mol. The number of hydrogen-bond donors (Lipinski definition) is 1. The van der Waals surface area contributed by atoms with Gasteiger partial charge >= 0.3 is 0 Å². The fourth-order valence-corrected chi connectivity index (χ4v) is 7.22. The maximum atomic E-state index is 4.43. The molecule has 1 atom stereocenters. The highest BCUT2D eigenvalue weighted by molar-refractivity contribution is 5.90. The lowest BCUT2D eigenvalue weighted by atomic mass is 9.60. The minimum absolute atomic E-state index is 0.0552. The van der Waals surface area contributed by atoms with E-state index in [-0.39, 0.29) is 10.8 Å². The molecule has 1 heterocycles. The van der Waals surface area contributed by atoms with Crippen LogP contribution in [0.25, 0.3) is 22.3 Å². The van der Waals surface area contributed by atoms with E-state index in [1.54, 1.807) is 0 Å². The Balaban J connectivity index is 0.00000248. The summed E-state index contributed by atoms with van der Waals surface area (Å²) in [6.07, 6.45) is 19.3. The van der Waals surface area contributed by atoms with Crippen LogP contribution in [0.5, 0.6) is 0 Å². The van der Waals surface area contributed by atoms with E-state index in [2.05, 4.69) is 210 Å². The van der Waals surface area contributed by atoms with Crippen molar-refractivity contribution < 1.29 is 0 Å². The summed E-state index contributed by atoms with van der Waals surface area (Å²) in [5.74, 6) is 0. The Bertz CT molecular complexity index is 2000. The average Bonchev–Trinajstić information content (AvgIpc) is 3.31. The van der Waals surface area contributed by atoms with Crippen molar-refractivity contribution in [1.82, 2.24) is 5.32 Å². The van der Waals surface area contributed by atoms with Crippen molar-refractivity contribution in [3.8, 4) is 11.1 Å². The lowest BCUT2D eigenvalue weighted by molar-refractivity contribution is 0.230. The first-order valence-electron chi connectivity index (χ1n) is 17.9. The maximum Gasteiger partial charge on any atom is 0.0540 e. The van der Waals surface area contributed by atoms with Crippen LogP contribution in [0.4, 0.5) is 11.4 Å². The lowest BCUT2D eigenvalue weighted by Gasteiger charge is -2.44. The van der Waals surface area contributed by atoms with Gasteiger partial charge in [0.25, 0.3) is 0 Å². The molecule has 0 aromatic heterocycles. The van der Waals surface area contributed by atoms with Crippen LogP contribution >= 0.6 is 0 Å². The van der Waals surface area contributed by atoms with Crippen LogP contribution in [-0.4, -0.2) is 6.54 Å². The Kier molecular flexibility index (Phi) is 11.8. The van der Waals surface area contributed by atoms with E-state index >= 15 is 0 Å². The van der Waals surface area contributed by atoms with Gasteiger partial charge < -0.3 is 10.2 Å². The van der Waals surface area contributed by atoms with Crippen molar-refractivity contribution in [1.29, 1.82) is 0 Å². The van der Waals surface area contributed by atoms with Crippen LogP contribution in [0.1, 0.15) is 57.2 Å². The van der Waals surface area contributed by atoms with Gasteiger partial charge in [0.05, 0.1) is 5.69 Å². The van der Waals surface area contributed by atoms with E-state index in [1.807, 2.05) is 6.08 Å². The summed E-state index contributed by atoms with van der Waals surface area (Å²) >= 11 is 0. The zero-order valence-corrected chi connectivity index (χ0v) is 30.8. The molecule has 1 N–H and O–H groups in total. The SMILES string of the molecule is C=C.C=C/C(=C(\CC)c1ccccc1)N(c1ccc2c(c1)C1=CC=CC2(C)C(C)(C)C/C=C\C=C/C(=C)NC1)c1ccccc1-c1ccccc1. The Labute approximate surface area is 307 Å². The number of allylic oxidation sites excluding steroid dienone is 9. The standard InChI is InChI=1S/C47H48N2.C2H4/c1-7-40(36-22-13-9-14-23-36)44(8-2)49(45-28-18-17-27-41(45)37-24-15-10-16-25-37)39-29-30-43-42(33-39)38-26-20-32-47(43,6)46(4,5)31-19-11-12-21-35(3)48-34-38;1-2/h8-30,32-33,48H,2-3,7,31,34H2,1,4-6H3;1-2H2/b19-11-,21-12-,44-40-;. The third-order valence-electron chi connectivity index (χ3n) is 10.4. The molecule has 1 unspecified atom stereocenters. The lowest BCUT2D eigenvalue weighted by Crippen LogP contribution is -2.38. The second-order valence-corrected chi connectivity index (χ2v) is 13.7. The topological polar surface area (TPSA) is 15.3 Å². The number of para-hydroxylation sites is 1. The average molecular weight is 669 g/mol. The molecule has 4 aromatic carbocycles. The molecule has 51 heavy (non-hydrogen) atoms. The summed E-state index contributed by atoms with van der Waals surface area (Å²) in [5.41, 5.74) is 12.5. The maximum absolute atomic E-state index is 4.43. The largest absolute Gasteiger partial charge is 0.381 e. The van der Waals surface area contributed by atoms with E-state index in [9.17, 15) is 0 Å². The molecule has 1 aliphatic heterocycles. The first-order chi connectivity index (χ1) is 24.8. The molecule has 0 radical (unpaired) electrons. The van der Waals surface area contributed by atoms with Gasteiger partial charge in [-0.25, -0.2) is 0 Å². The first-order valence-corrected chi connectivity index (χ1v) is 17.9. The monoisotopic (exact) mass is 668 g/mol. The second kappa shape index (κ2) is 16.4. The third-order valence-corrected chi connectivity index (χ3v) is 10.4. The molecule has 4 aromatic rings. The fourth-order valence-electron chi connectivity index (χ4n) is 7.22. The number of benzene rings is 4. The van der Waals surface area contributed by atoms with E-state index in [0.717, 1.165) is 35.6 Å². The van der Waals surface area contributed by atoms with Crippen LogP contribution in [0.2, 0.25) is 0 Å². The molecule has 2 bridgehead atoms. The molecule has 0 fully saturated rings. The predicted octanol–water partition coefficient (Wildman–Crippen LogP) is 13.2. The Morgan fingerprint density at radius 2 is 1.51 bits per heavy atom. The van der Waals surface area contributed by atoms with Crippen LogP contribution in [0, 0.1) is 5.41 Å². The van der Waals surface area contributed by atoms with Gasteiger partial charge in [-0.3, -0.25) is 0 Å². The van der Waals surface area contributed by atoms with Crippen LogP contribution in [0.3, 0.4) is 0 Å². The Morgan fingerprint density at radius 1 is 0.824 bits per heavy atom. The van der Waals surface area contributed by atoms with Gasteiger partial charge in [0.15, 0.2) is 0 Å². The molecule has 0 spiro atoms. The Morgan fingerprint density at radius 3 is 2.22 bits per heavy atom. The summed E-state index contributed by atoms with van der Waals surface area (Å²) < 4.78 is 0. The molecule has 2 heteroatoms. The number of anilines is 2. The van der Waals surface area contributed by atoms with Crippen molar-refractivity contribution >= 4 is 22.5 Å². The van der Waals surface area contributed by atoms with Gasteiger partial charge in [-0.1, -0.05) is 162 Å². The zero-order chi connectivity index (χ0) is 36.4. The van der Waals surface area contributed by atoms with E-state index in [0.29, 0.717) is 6.54 Å². The number of nitrogens with zero attached hydrogens (tertiary/aromatic N) is 1. The van der Waals surface area contributed by atoms with Gasteiger partial charge in [0, 0.05) is 34.6 Å². The zero-order valence-electron chi connectivity index (χ0n) is 30.8. The number of nitrogens with one attached hydrogen (secondary N) is 1. The summed E-state index contributed by atoms with van der Waals surface area (Å²) in [4.78, 5) is 2.42. The molecule has 0 saturated heterocycles. The summed E-state index contributed by atoms with van der Waals surface area (Å²) in [6.45, 7) is 24.8. The van der Waals surface area contributed by atoms with Crippen molar-refractivity contribution in [2.75, 3.05) is 11.4 Å². The highest BCUT2D eigenvalue weighted by atomic mass is 15.2. The molecular formula is C49H52N2. The highest BCUT2D eigenvalue weighted by Gasteiger charge is 2.42. The van der Waals surface area contributed by atoms with Gasteiger partial charge in [0.2, 0.25) is 0 Å². The molecule has 0 amide bonds. The van der Waals surface area contributed by atoms with Gasteiger partial charge in [-0.2, -0.15) is 0 Å². The van der Waals surface area contributed by atoms with E-state index in [1.165, 1.54) is 39.0 Å². The second-order valence-electron chi connectivity index (χ2n) is 13.7. The number of rotatable bonds is 7. The van der Waals surface area contributed by atoms with Crippen LogP contribution < -0.4 is 10.2 Å². The molecule has 1 aliphatic carbocycles. The van der Waals surface area contributed by atoms with Crippen LogP contribution in [0.15, 0.2) is 189 Å². The number of hydrogen-bond acceptors (Lipinski definition) is 2. The van der Waals surface area contributed by atoms with Gasteiger partial charge in [0.1, 0.15) is 0 Å². The molecule has 6 rings (SSSR count).